The first-order valence-electron chi connectivity index (χ1n) is 6.79. The third-order valence-electron chi connectivity index (χ3n) is 3.56. The topological polar surface area (TPSA) is 39.3 Å². The molecule has 0 aliphatic carbocycles. The molecular weight excluding hydrogens is 364 g/mol. The van der Waals surface area contributed by atoms with Gasteiger partial charge in [-0.1, -0.05) is 0 Å². The van der Waals surface area contributed by atoms with Crippen LogP contribution in [0.25, 0.3) is 0 Å². The molecule has 0 radical (unpaired) electrons. The quantitative estimate of drug-likeness (QED) is 0.594. The molecule has 1 saturated heterocycles. The molecule has 0 aromatic heterocycles. The summed E-state index contributed by atoms with van der Waals surface area (Å²) in [6.45, 7) is 5.50. The maximum atomic E-state index is 13.2. The normalized spacial score (nSPS) is 20.4. The third kappa shape index (κ3) is 8.37. The molecule has 0 spiro atoms. The summed E-state index contributed by atoms with van der Waals surface area (Å²) in [7, 11) is 0. The number of alkyl halides is 3. The van der Waals surface area contributed by atoms with Gasteiger partial charge in [0.2, 0.25) is 0 Å². The van der Waals surface area contributed by atoms with E-state index in [2.05, 4.69) is 16.0 Å². The van der Waals surface area contributed by atoms with E-state index in [-0.39, 0.29) is 24.8 Å². The van der Waals surface area contributed by atoms with Gasteiger partial charge >= 0.3 is 117 Å². The van der Waals surface area contributed by atoms with Gasteiger partial charge in [-0.3, -0.25) is 0 Å². The van der Waals surface area contributed by atoms with Gasteiger partial charge in [-0.15, -0.1) is 24.8 Å². The molecule has 1 aliphatic heterocycles. The van der Waals surface area contributed by atoms with Crippen LogP contribution in [0.5, 0.6) is 0 Å². The second-order valence-electron chi connectivity index (χ2n) is 5.29. The molecule has 0 amide bonds. The number of nitrogens with one attached hydrogen (secondary N) is 3. The molecule has 10 heteroatoms. The third-order valence-corrected chi connectivity index (χ3v) is 8.89. The molecule has 1 aliphatic rings. The average molecular weight is 391 g/mol. The van der Waals surface area contributed by atoms with Crippen LogP contribution in [0, 0.1) is 0 Å². The Morgan fingerprint density at radius 2 is 1.10 bits per heavy atom. The Hall–Kier alpha value is 0.924. The summed E-state index contributed by atoms with van der Waals surface area (Å²) < 4.78 is 37.2. The fraction of sp³-hybridized carbons (Fsp3) is 1.00. The Balaban J connectivity index is 0. The van der Waals surface area contributed by atoms with Crippen molar-refractivity contribution in [1.29, 1.82) is 0 Å². The standard InChI is InChI=1S/C8H19N4.CF3.2CH3.2ClH.Ti/c1-2-10-5-6-12-8-7-11-4-3-9-1;2-1(3)4;;;;;/h9-11H,1-8H2;;2*1H3;2*1H;/q-1;;;;;;+1. The molecule has 3 N–H and O–H groups in total. The van der Waals surface area contributed by atoms with Crippen LogP contribution in [0.15, 0.2) is 0 Å². The predicted octanol–water partition coefficient (Wildman–Crippen LogP) is 1.60. The van der Waals surface area contributed by atoms with E-state index in [0.29, 0.717) is 26.2 Å². The fourth-order valence-corrected chi connectivity index (χ4v) is 4.66. The van der Waals surface area contributed by atoms with Crippen molar-refractivity contribution < 1.29 is 30.0 Å². The molecule has 0 saturated carbocycles. The molecule has 1 heterocycles. The minimum absolute atomic E-state index is 0. The summed E-state index contributed by atoms with van der Waals surface area (Å²) in [5.41, 5.74) is 0. The number of hydrogen-bond acceptors (Lipinski definition) is 4. The SMILES string of the molecule is Cl.Cl.[CH3][Ti]([CH3])([N]1CCNCCNCCNCC1)[C](F)(F)F. The van der Waals surface area contributed by atoms with Crippen LogP contribution in [0.2, 0.25) is 10.5 Å². The first kappa shape index (κ1) is 24.2. The molecule has 0 aromatic carbocycles. The Kier molecular flexibility index (Phi) is 13.2. The van der Waals surface area contributed by atoms with Crippen LogP contribution in [0.3, 0.4) is 0 Å². The van der Waals surface area contributed by atoms with Crippen molar-refractivity contribution in [3.63, 3.8) is 0 Å². The van der Waals surface area contributed by atoms with Crippen LogP contribution in [0.4, 0.5) is 13.2 Å². The van der Waals surface area contributed by atoms with E-state index < -0.39 is 21.3 Å². The molecule has 1 rings (SSSR count). The Labute approximate surface area is 141 Å². The van der Waals surface area contributed by atoms with Gasteiger partial charge in [-0.2, -0.15) is 0 Å². The predicted molar refractivity (Wildman–Crippen MR) is 82.5 cm³/mol. The number of halogens is 5. The number of rotatable bonds is 1. The summed E-state index contributed by atoms with van der Waals surface area (Å²) in [6.07, 6.45) is 0. The van der Waals surface area contributed by atoms with Crippen molar-refractivity contribution in [2.45, 2.75) is 14.9 Å². The number of hydrogen-bond donors (Lipinski definition) is 3. The van der Waals surface area contributed by atoms with Crippen molar-refractivity contribution >= 4 is 24.8 Å². The van der Waals surface area contributed by atoms with Crippen molar-refractivity contribution in [2.75, 3.05) is 52.4 Å². The van der Waals surface area contributed by atoms with Gasteiger partial charge in [0, 0.05) is 0 Å². The first-order chi connectivity index (χ1) is 8.86. The summed E-state index contributed by atoms with van der Waals surface area (Å²) in [5.74, 6) is 0. The van der Waals surface area contributed by atoms with Crippen molar-refractivity contribution in [2.24, 2.45) is 0 Å². The molecule has 4 nitrogen and oxygen atoms in total. The van der Waals surface area contributed by atoms with Gasteiger partial charge in [0.05, 0.1) is 0 Å². The zero-order valence-electron chi connectivity index (χ0n) is 12.6. The molecule has 0 unspecified atom stereocenters. The summed E-state index contributed by atoms with van der Waals surface area (Å²) in [4.78, 5) is 0. The van der Waals surface area contributed by atoms with E-state index in [1.807, 2.05) is 0 Å². The summed E-state index contributed by atoms with van der Waals surface area (Å²) >= 11 is -3.95. The van der Waals surface area contributed by atoms with Crippen LogP contribution in [-0.2, 0) is 16.8 Å². The van der Waals surface area contributed by atoms with Gasteiger partial charge in [0.15, 0.2) is 0 Å². The van der Waals surface area contributed by atoms with Crippen LogP contribution in [0.1, 0.15) is 0 Å². The van der Waals surface area contributed by atoms with E-state index in [0.717, 1.165) is 26.2 Å². The molecule has 0 aromatic rings. The first-order valence-corrected chi connectivity index (χ1v) is 11.4. The molecule has 0 atom stereocenters. The van der Waals surface area contributed by atoms with Crippen molar-refractivity contribution in [3.05, 3.63) is 0 Å². The summed E-state index contributed by atoms with van der Waals surface area (Å²) in [6, 6.07) is 0. The van der Waals surface area contributed by atoms with E-state index in [4.69, 9.17) is 0 Å². The molecule has 21 heavy (non-hydrogen) atoms. The second kappa shape index (κ2) is 11.5. The van der Waals surface area contributed by atoms with Crippen LogP contribution in [-0.4, -0.2) is 60.2 Å². The van der Waals surface area contributed by atoms with E-state index in [9.17, 15) is 13.2 Å². The van der Waals surface area contributed by atoms with Gasteiger partial charge in [-0.05, 0) is 0 Å². The summed E-state index contributed by atoms with van der Waals surface area (Å²) in [5, 5.41) is 12.5. The van der Waals surface area contributed by atoms with E-state index in [1.54, 1.807) is 3.38 Å². The van der Waals surface area contributed by atoms with Crippen molar-refractivity contribution in [1.82, 2.24) is 19.3 Å². The molecular formula is C11H27Cl2F3N4Ti. The minimum atomic E-state index is -4.03. The molecule has 0 bridgehead atoms. The Morgan fingerprint density at radius 3 is 1.43 bits per heavy atom. The monoisotopic (exact) mass is 390 g/mol. The van der Waals surface area contributed by atoms with Crippen LogP contribution >= 0.6 is 24.8 Å². The molecule has 1 fully saturated rings. The zero-order valence-corrected chi connectivity index (χ0v) is 15.7. The second-order valence-corrected chi connectivity index (χ2v) is 12.0. The van der Waals surface area contributed by atoms with Gasteiger partial charge < -0.3 is 0 Å². The van der Waals surface area contributed by atoms with Gasteiger partial charge in [0.25, 0.3) is 0 Å². The Bertz CT molecular complexity index is 258. The van der Waals surface area contributed by atoms with Crippen LogP contribution < -0.4 is 16.0 Å². The Morgan fingerprint density at radius 1 is 0.762 bits per heavy atom. The zero-order chi connectivity index (χ0) is 14.4. The van der Waals surface area contributed by atoms with E-state index in [1.165, 1.54) is 10.5 Å². The molecule has 130 valence electrons. The van der Waals surface area contributed by atoms with Gasteiger partial charge in [-0.25, -0.2) is 0 Å². The average Bonchev–Trinajstić information content (AvgIpc) is 2.27. The fourth-order valence-electron chi connectivity index (χ4n) is 2.01. The number of nitrogens with zero attached hydrogens (tertiary/aromatic N) is 1. The maximum absolute atomic E-state index is 13.2. The van der Waals surface area contributed by atoms with Crippen molar-refractivity contribution in [3.8, 4) is 0 Å². The van der Waals surface area contributed by atoms with Gasteiger partial charge in [0.1, 0.15) is 0 Å². The van der Waals surface area contributed by atoms with E-state index >= 15 is 0 Å².